The van der Waals surface area contributed by atoms with Crippen LogP contribution in [-0.2, 0) is 33.9 Å². The van der Waals surface area contributed by atoms with Gasteiger partial charge in [0.05, 0.1) is 10.3 Å². The first kappa shape index (κ1) is 28.6. The summed E-state index contributed by atoms with van der Waals surface area (Å²) in [5.41, 5.74) is -0.210. The van der Waals surface area contributed by atoms with Crippen LogP contribution in [0.3, 0.4) is 0 Å². The molecule has 0 aromatic heterocycles. The molecule has 12 heteroatoms. The van der Waals surface area contributed by atoms with Gasteiger partial charge in [-0.2, -0.15) is 0 Å². The number of nitro groups is 1. The lowest BCUT2D eigenvalue weighted by Crippen LogP contribution is -2.44. The van der Waals surface area contributed by atoms with E-state index in [9.17, 15) is 23.3 Å². The van der Waals surface area contributed by atoms with Gasteiger partial charge in [0.2, 0.25) is 0 Å². The van der Waals surface area contributed by atoms with Crippen molar-refractivity contribution < 1.29 is 37.2 Å². The molecule has 1 saturated carbocycles. The molecule has 0 saturated heterocycles. The topological polar surface area (TPSA) is 135 Å². The van der Waals surface area contributed by atoms with Crippen molar-refractivity contribution in [3.05, 3.63) is 45.7 Å². The van der Waals surface area contributed by atoms with Gasteiger partial charge in [-0.05, 0) is 56.1 Å². The molecule has 210 valence electrons. The van der Waals surface area contributed by atoms with Crippen molar-refractivity contribution in [1.82, 2.24) is 4.47 Å². The molecule has 0 amide bonds. The van der Waals surface area contributed by atoms with E-state index in [1.54, 1.807) is 0 Å². The van der Waals surface area contributed by atoms with Crippen LogP contribution in [0.1, 0.15) is 58.8 Å². The molecule has 2 unspecified atom stereocenters. The van der Waals surface area contributed by atoms with E-state index in [0.717, 1.165) is 28.3 Å². The number of methoxy groups -OCH3 is 1. The zero-order valence-electron chi connectivity index (χ0n) is 22.1. The van der Waals surface area contributed by atoms with E-state index in [2.05, 4.69) is 6.92 Å². The summed E-state index contributed by atoms with van der Waals surface area (Å²) >= 11 is 0. The number of allylic oxidation sites excluding steroid dienone is 2. The number of hydrogen-bond acceptors (Lipinski definition) is 9. The van der Waals surface area contributed by atoms with Crippen molar-refractivity contribution in [2.45, 2.75) is 70.0 Å². The Balaban J connectivity index is 1.59. The lowest BCUT2D eigenvalue weighted by molar-refractivity contribution is -0.388. The highest BCUT2D eigenvalue weighted by molar-refractivity contribution is 7.89. The summed E-state index contributed by atoms with van der Waals surface area (Å²) < 4.78 is 44.4. The third-order valence-corrected chi connectivity index (χ3v) is 9.54. The van der Waals surface area contributed by atoms with E-state index < -0.39 is 30.9 Å². The van der Waals surface area contributed by atoms with E-state index in [4.69, 9.17) is 19.0 Å². The Hall–Kier alpha value is -2.38. The standard InChI is InChI=1S/C26H36N2O9S/c1-4-35-25-11-10-20-22(37-25)16-19-14-18(2)15-24(29)26(19,20)12-7-13-27(36-17-34-3)38(32,33)23-9-6-5-8-21(23)28(30)31/h5-6,8-9,18-19,25H,4,7,10-17H2,1-3H3/t18?,19-,25?,26-/m0/s1. The van der Waals surface area contributed by atoms with Gasteiger partial charge in [0.15, 0.2) is 18.0 Å². The minimum atomic E-state index is -4.38. The van der Waals surface area contributed by atoms with Crippen LogP contribution in [0.4, 0.5) is 5.69 Å². The van der Waals surface area contributed by atoms with Crippen molar-refractivity contribution in [1.29, 1.82) is 0 Å². The monoisotopic (exact) mass is 552 g/mol. The van der Waals surface area contributed by atoms with Crippen LogP contribution in [-0.4, -0.2) is 56.9 Å². The van der Waals surface area contributed by atoms with Crippen molar-refractivity contribution in [3.63, 3.8) is 0 Å². The van der Waals surface area contributed by atoms with E-state index in [1.165, 1.54) is 25.3 Å². The van der Waals surface area contributed by atoms with Crippen molar-refractivity contribution in [2.24, 2.45) is 17.3 Å². The number of nitrogens with zero attached hydrogens (tertiary/aromatic N) is 2. The van der Waals surface area contributed by atoms with Gasteiger partial charge in [-0.3, -0.25) is 19.7 Å². The fourth-order valence-electron chi connectivity index (χ4n) is 6.31. The molecule has 0 radical (unpaired) electrons. The Bertz CT molecular complexity index is 1180. The Morgan fingerprint density at radius 1 is 1.26 bits per heavy atom. The summed E-state index contributed by atoms with van der Waals surface area (Å²) in [5, 5.41) is 11.5. The lowest BCUT2D eigenvalue weighted by atomic mass is 9.59. The number of ether oxygens (including phenoxy) is 3. The van der Waals surface area contributed by atoms with Crippen molar-refractivity contribution in [3.8, 4) is 0 Å². The van der Waals surface area contributed by atoms with Crippen molar-refractivity contribution in [2.75, 3.05) is 27.1 Å². The minimum Gasteiger partial charge on any atom is -0.469 e. The second kappa shape index (κ2) is 11.8. The van der Waals surface area contributed by atoms with Gasteiger partial charge in [-0.1, -0.05) is 23.5 Å². The summed E-state index contributed by atoms with van der Waals surface area (Å²) in [7, 11) is -3.03. The Labute approximate surface area is 223 Å². The number of sulfonamides is 1. The van der Waals surface area contributed by atoms with E-state index in [-0.39, 0.29) is 37.2 Å². The van der Waals surface area contributed by atoms with Crippen LogP contribution in [0.2, 0.25) is 0 Å². The number of rotatable bonds is 12. The zero-order valence-corrected chi connectivity index (χ0v) is 22.9. The molecule has 1 fully saturated rings. The highest BCUT2D eigenvalue weighted by atomic mass is 32.2. The maximum atomic E-state index is 13.7. The third kappa shape index (κ3) is 5.37. The molecule has 11 nitrogen and oxygen atoms in total. The highest BCUT2D eigenvalue weighted by Crippen LogP contribution is 2.59. The maximum absolute atomic E-state index is 13.7. The second-order valence-corrected chi connectivity index (χ2v) is 12.0. The Morgan fingerprint density at radius 2 is 2.03 bits per heavy atom. The number of para-hydroxylation sites is 1. The van der Waals surface area contributed by atoms with E-state index in [0.29, 0.717) is 45.1 Å². The van der Waals surface area contributed by atoms with Gasteiger partial charge in [0, 0.05) is 45.6 Å². The summed E-state index contributed by atoms with van der Waals surface area (Å²) in [6.45, 7) is 4.10. The van der Waals surface area contributed by atoms with Crippen LogP contribution >= 0.6 is 0 Å². The number of Topliss-reactive ketones (excluding diaryl/α,β-unsaturated/α-hetero) is 1. The predicted octanol–water partition coefficient (Wildman–Crippen LogP) is 4.33. The average Bonchev–Trinajstić information content (AvgIpc) is 3.19. The van der Waals surface area contributed by atoms with E-state index >= 15 is 0 Å². The van der Waals surface area contributed by atoms with Crippen LogP contribution in [0.5, 0.6) is 0 Å². The molecule has 0 spiro atoms. The molecule has 2 aliphatic carbocycles. The third-order valence-electron chi connectivity index (χ3n) is 7.81. The predicted molar refractivity (Wildman–Crippen MR) is 136 cm³/mol. The largest absolute Gasteiger partial charge is 0.469 e. The smallest absolute Gasteiger partial charge is 0.289 e. The van der Waals surface area contributed by atoms with Crippen LogP contribution in [0.25, 0.3) is 0 Å². The fourth-order valence-corrected chi connectivity index (χ4v) is 7.74. The molecule has 0 bridgehead atoms. The number of nitro benzene ring substituents is 1. The SMILES string of the molecule is CCOC1CCC2=C(C[C@@H]3CC(C)CC(=O)[C@]23CCCN(OCOC)S(=O)(=O)c2ccccc2[N+](=O)[O-])O1. The Kier molecular flexibility index (Phi) is 8.88. The molecule has 1 heterocycles. The number of hydrogen-bond donors (Lipinski definition) is 0. The summed E-state index contributed by atoms with van der Waals surface area (Å²) in [4.78, 5) is 29.4. The van der Waals surface area contributed by atoms with Gasteiger partial charge in [-0.15, -0.1) is 0 Å². The van der Waals surface area contributed by atoms with Crippen molar-refractivity contribution >= 4 is 21.5 Å². The lowest BCUT2D eigenvalue weighted by Gasteiger charge is -2.43. The molecular weight excluding hydrogens is 516 g/mol. The number of fused-ring (bicyclic) bond motifs is 2. The maximum Gasteiger partial charge on any atom is 0.289 e. The number of hydroxylamine groups is 1. The summed E-state index contributed by atoms with van der Waals surface area (Å²) in [6.07, 6.45) is 3.84. The normalized spacial score (nSPS) is 27.3. The van der Waals surface area contributed by atoms with Crippen LogP contribution in [0, 0.1) is 27.4 Å². The molecule has 4 rings (SSSR count). The molecule has 1 aliphatic heterocycles. The van der Waals surface area contributed by atoms with Gasteiger partial charge < -0.3 is 14.2 Å². The first-order valence-corrected chi connectivity index (χ1v) is 14.5. The summed E-state index contributed by atoms with van der Waals surface area (Å²) in [6, 6.07) is 5.14. The zero-order chi connectivity index (χ0) is 27.5. The van der Waals surface area contributed by atoms with Gasteiger partial charge in [0.25, 0.3) is 15.7 Å². The van der Waals surface area contributed by atoms with Gasteiger partial charge >= 0.3 is 0 Å². The molecule has 38 heavy (non-hydrogen) atoms. The average molecular weight is 553 g/mol. The van der Waals surface area contributed by atoms with Crippen LogP contribution < -0.4 is 0 Å². The van der Waals surface area contributed by atoms with Gasteiger partial charge in [-0.25, -0.2) is 8.42 Å². The number of carbonyl (C=O) groups excluding carboxylic acids is 1. The number of ketones is 1. The quantitative estimate of drug-likeness (QED) is 0.211. The Morgan fingerprint density at radius 3 is 2.74 bits per heavy atom. The molecule has 0 N–H and O–H groups in total. The fraction of sp³-hybridized carbons (Fsp3) is 0.654. The second-order valence-electron chi connectivity index (χ2n) is 10.2. The first-order valence-electron chi connectivity index (χ1n) is 13.1. The minimum absolute atomic E-state index is 0.0873. The van der Waals surface area contributed by atoms with E-state index in [1.807, 2.05) is 6.92 Å². The highest BCUT2D eigenvalue weighted by Gasteiger charge is 2.57. The molecule has 4 atom stereocenters. The molecule has 1 aromatic rings. The van der Waals surface area contributed by atoms with Gasteiger partial charge in [0.1, 0.15) is 11.5 Å². The summed E-state index contributed by atoms with van der Waals surface area (Å²) in [5.74, 6) is 1.38. The number of benzene rings is 1. The number of carbonyl (C=O) groups is 1. The van der Waals surface area contributed by atoms with Crippen LogP contribution in [0.15, 0.2) is 40.5 Å². The first-order chi connectivity index (χ1) is 18.1. The molecule has 3 aliphatic rings. The molecule has 1 aromatic carbocycles. The molecular formula is C26H36N2O9S.